The van der Waals surface area contributed by atoms with Gasteiger partial charge in [-0.1, -0.05) is 11.6 Å². The molecular weight excluding hydrogens is 383 g/mol. The normalized spacial score (nSPS) is 17.0. The Balaban J connectivity index is 1.62. The van der Waals surface area contributed by atoms with Crippen molar-refractivity contribution in [3.63, 3.8) is 0 Å². The zero-order chi connectivity index (χ0) is 19.4. The summed E-state index contributed by atoms with van der Waals surface area (Å²) < 4.78 is 44.2. The van der Waals surface area contributed by atoms with Crippen LogP contribution in [0.1, 0.15) is 28.8 Å². The molecule has 5 nitrogen and oxygen atoms in total. The number of carbonyl (C=O) groups excluding carboxylic acids is 1. The van der Waals surface area contributed by atoms with Crippen LogP contribution in [0.3, 0.4) is 0 Å². The Morgan fingerprint density at radius 2 is 2.11 bits per heavy atom. The van der Waals surface area contributed by atoms with Gasteiger partial charge in [0.2, 0.25) is 0 Å². The highest BCUT2D eigenvalue weighted by Gasteiger charge is 2.33. The van der Waals surface area contributed by atoms with Crippen molar-refractivity contribution in [3.05, 3.63) is 52.7 Å². The predicted molar refractivity (Wildman–Crippen MR) is 96.1 cm³/mol. The summed E-state index contributed by atoms with van der Waals surface area (Å²) in [5.41, 5.74) is -0.785. The molecule has 0 spiro atoms. The van der Waals surface area contributed by atoms with Gasteiger partial charge in [-0.15, -0.1) is 0 Å². The van der Waals surface area contributed by atoms with Gasteiger partial charge in [-0.3, -0.25) is 4.79 Å². The number of anilines is 2. The molecule has 1 atom stereocenters. The van der Waals surface area contributed by atoms with Crippen LogP contribution in [-0.2, 0) is 10.9 Å². The lowest BCUT2D eigenvalue weighted by atomic mass is 10.2. The van der Waals surface area contributed by atoms with E-state index in [-0.39, 0.29) is 17.4 Å². The molecule has 0 bridgehead atoms. The third kappa shape index (κ3) is 5.11. The van der Waals surface area contributed by atoms with Crippen LogP contribution in [0.15, 0.2) is 36.5 Å². The van der Waals surface area contributed by atoms with E-state index < -0.39 is 22.7 Å². The Hall–Kier alpha value is -2.32. The first-order chi connectivity index (χ1) is 12.8. The molecule has 3 rings (SSSR count). The molecule has 1 aliphatic heterocycles. The summed E-state index contributed by atoms with van der Waals surface area (Å²) in [4.78, 5) is 16.4. The number of benzene rings is 1. The van der Waals surface area contributed by atoms with Crippen molar-refractivity contribution in [2.75, 3.05) is 23.8 Å². The fourth-order valence-electron chi connectivity index (χ4n) is 2.68. The molecule has 1 aliphatic rings. The lowest BCUT2D eigenvalue weighted by Gasteiger charge is -2.12. The van der Waals surface area contributed by atoms with Crippen molar-refractivity contribution in [3.8, 4) is 0 Å². The van der Waals surface area contributed by atoms with E-state index in [1.54, 1.807) is 12.1 Å². The molecule has 1 saturated heterocycles. The Labute approximate surface area is 158 Å². The van der Waals surface area contributed by atoms with Crippen molar-refractivity contribution in [1.29, 1.82) is 0 Å². The van der Waals surface area contributed by atoms with Crippen LogP contribution in [0, 0.1) is 0 Å². The average Bonchev–Trinajstić information content (AvgIpc) is 3.14. The lowest BCUT2D eigenvalue weighted by Crippen LogP contribution is -2.19. The van der Waals surface area contributed by atoms with Crippen molar-refractivity contribution in [2.45, 2.75) is 25.1 Å². The molecule has 144 valence electrons. The number of carbonyl (C=O) groups is 1. The van der Waals surface area contributed by atoms with Gasteiger partial charge in [-0.05, 0) is 43.2 Å². The first kappa shape index (κ1) is 19.4. The monoisotopic (exact) mass is 399 g/mol. The highest BCUT2D eigenvalue weighted by atomic mass is 35.5. The lowest BCUT2D eigenvalue weighted by molar-refractivity contribution is -0.137. The number of nitrogens with zero attached hydrogens (tertiary/aromatic N) is 1. The van der Waals surface area contributed by atoms with Crippen LogP contribution in [0.2, 0.25) is 5.02 Å². The van der Waals surface area contributed by atoms with Gasteiger partial charge in [0.25, 0.3) is 5.91 Å². The van der Waals surface area contributed by atoms with Gasteiger partial charge < -0.3 is 15.4 Å². The minimum Gasteiger partial charge on any atom is -0.376 e. The molecule has 2 heterocycles. The van der Waals surface area contributed by atoms with E-state index in [4.69, 9.17) is 16.3 Å². The molecule has 2 N–H and O–H groups in total. The second kappa shape index (κ2) is 8.14. The molecular formula is C18H17ClF3N3O2. The number of pyridine rings is 1. The number of ether oxygens (including phenoxy) is 1. The fourth-order valence-corrected chi connectivity index (χ4v) is 2.90. The maximum atomic E-state index is 12.9. The maximum Gasteiger partial charge on any atom is 0.417 e. The summed E-state index contributed by atoms with van der Waals surface area (Å²) in [6, 6.07) is 6.37. The van der Waals surface area contributed by atoms with Crippen LogP contribution < -0.4 is 10.6 Å². The van der Waals surface area contributed by atoms with Gasteiger partial charge in [0, 0.05) is 25.0 Å². The van der Waals surface area contributed by atoms with E-state index in [1.807, 2.05) is 0 Å². The standard InChI is InChI=1S/C18H17ClF3N3O2/c19-15-5-4-12(8-14(15)18(20,21)22)25-17(26)11-3-6-16(23-9-11)24-10-13-2-1-7-27-13/h3-6,8-9,13H,1-2,7,10H2,(H,23,24)(H,25,26). The van der Waals surface area contributed by atoms with Gasteiger partial charge in [-0.2, -0.15) is 13.2 Å². The molecule has 1 aromatic carbocycles. The van der Waals surface area contributed by atoms with Gasteiger partial charge >= 0.3 is 6.18 Å². The van der Waals surface area contributed by atoms with E-state index in [1.165, 1.54) is 12.3 Å². The number of nitrogens with one attached hydrogen (secondary N) is 2. The average molecular weight is 400 g/mol. The highest BCUT2D eigenvalue weighted by Crippen LogP contribution is 2.36. The number of alkyl halides is 3. The Morgan fingerprint density at radius 3 is 2.74 bits per heavy atom. The predicted octanol–water partition coefficient (Wildman–Crippen LogP) is 4.60. The summed E-state index contributed by atoms with van der Waals surface area (Å²) in [6.07, 6.45) is -1.06. The van der Waals surface area contributed by atoms with E-state index >= 15 is 0 Å². The summed E-state index contributed by atoms with van der Waals surface area (Å²) >= 11 is 5.57. The van der Waals surface area contributed by atoms with Crippen LogP contribution in [-0.4, -0.2) is 30.1 Å². The Bertz CT molecular complexity index is 806. The van der Waals surface area contributed by atoms with Gasteiger partial charge in [-0.25, -0.2) is 4.98 Å². The van der Waals surface area contributed by atoms with E-state index in [2.05, 4.69) is 15.6 Å². The van der Waals surface area contributed by atoms with Crippen LogP contribution >= 0.6 is 11.6 Å². The van der Waals surface area contributed by atoms with Crippen molar-refractivity contribution < 1.29 is 22.7 Å². The quantitative estimate of drug-likeness (QED) is 0.771. The molecule has 1 amide bonds. The SMILES string of the molecule is O=C(Nc1ccc(Cl)c(C(F)(F)F)c1)c1ccc(NCC2CCCO2)nc1. The summed E-state index contributed by atoms with van der Waals surface area (Å²) in [5.74, 6) is 0.0246. The molecule has 2 aromatic rings. The Morgan fingerprint density at radius 1 is 1.30 bits per heavy atom. The summed E-state index contributed by atoms with van der Waals surface area (Å²) in [6.45, 7) is 1.39. The highest BCUT2D eigenvalue weighted by molar-refractivity contribution is 6.31. The largest absolute Gasteiger partial charge is 0.417 e. The molecule has 0 saturated carbocycles. The molecule has 1 fully saturated rings. The number of hydrogen-bond donors (Lipinski definition) is 2. The minimum absolute atomic E-state index is 0.00249. The summed E-state index contributed by atoms with van der Waals surface area (Å²) in [7, 11) is 0. The smallest absolute Gasteiger partial charge is 0.376 e. The maximum absolute atomic E-state index is 12.9. The zero-order valence-corrected chi connectivity index (χ0v) is 14.9. The molecule has 9 heteroatoms. The van der Waals surface area contributed by atoms with Crippen LogP contribution in [0.4, 0.5) is 24.7 Å². The van der Waals surface area contributed by atoms with Crippen LogP contribution in [0.5, 0.6) is 0 Å². The van der Waals surface area contributed by atoms with Gasteiger partial charge in [0.15, 0.2) is 0 Å². The van der Waals surface area contributed by atoms with Crippen molar-refractivity contribution in [1.82, 2.24) is 4.98 Å². The van der Waals surface area contributed by atoms with Crippen molar-refractivity contribution in [2.24, 2.45) is 0 Å². The third-order valence-corrected chi connectivity index (χ3v) is 4.42. The number of rotatable bonds is 5. The van der Waals surface area contributed by atoms with Crippen LogP contribution in [0.25, 0.3) is 0 Å². The van der Waals surface area contributed by atoms with Crippen molar-refractivity contribution >= 4 is 29.0 Å². The first-order valence-electron chi connectivity index (χ1n) is 8.32. The van der Waals surface area contributed by atoms with E-state index in [9.17, 15) is 18.0 Å². The van der Waals surface area contributed by atoms with E-state index in [0.29, 0.717) is 12.4 Å². The molecule has 0 radical (unpaired) electrons. The second-order valence-electron chi connectivity index (χ2n) is 6.09. The topological polar surface area (TPSA) is 63.2 Å². The number of amides is 1. The minimum atomic E-state index is -4.60. The molecule has 0 aliphatic carbocycles. The van der Waals surface area contributed by atoms with E-state index in [0.717, 1.165) is 31.6 Å². The number of halogens is 4. The number of hydrogen-bond acceptors (Lipinski definition) is 4. The van der Waals surface area contributed by atoms with Gasteiger partial charge in [0.1, 0.15) is 5.82 Å². The summed E-state index contributed by atoms with van der Waals surface area (Å²) in [5, 5.41) is 5.11. The number of aromatic nitrogens is 1. The first-order valence-corrected chi connectivity index (χ1v) is 8.70. The Kier molecular flexibility index (Phi) is 5.86. The fraction of sp³-hybridized carbons (Fsp3) is 0.333. The molecule has 1 aromatic heterocycles. The molecule has 1 unspecified atom stereocenters. The molecule has 27 heavy (non-hydrogen) atoms. The van der Waals surface area contributed by atoms with Gasteiger partial charge in [0.05, 0.1) is 22.3 Å². The third-order valence-electron chi connectivity index (χ3n) is 4.09. The zero-order valence-electron chi connectivity index (χ0n) is 14.1. The second-order valence-corrected chi connectivity index (χ2v) is 6.50.